The first kappa shape index (κ1) is 16.5. The molecule has 6 nitrogen and oxygen atoms in total. The molecule has 0 saturated carbocycles. The zero-order valence-electron chi connectivity index (χ0n) is 12.0. The third-order valence-corrected chi connectivity index (χ3v) is 6.01. The van der Waals surface area contributed by atoms with Crippen molar-refractivity contribution in [3.8, 4) is 0 Å². The van der Waals surface area contributed by atoms with Crippen molar-refractivity contribution in [1.82, 2.24) is 9.29 Å². The van der Waals surface area contributed by atoms with E-state index in [0.717, 1.165) is 25.7 Å². The first-order chi connectivity index (χ1) is 9.98. The van der Waals surface area contributed by atoms with Crippen molar-refractivity contribution in [2.24, 2.45) is 11.8 Å². The van der Waals surface area contributed by atoms with Crippen molar-refractivity contribution in [3.63, 3.8) is 0 Å². The van der Waals surface area contributed by atoms with E-state index >= 15 is 0 Å². The van der Waals surface area contributed by atoms with Gasteiger partial charge in [0.1, 0.15) is 4.90 Å². The molecule has 8 heteroatoms. The number of nitrogens with one attached hydrogen (secondary N) is 1. The quantitative estimate of drug-likeness (QED) is 0.637. The summed E-state index contributed by atoms with van der Waals surface area (Å²) >= 11 is 5.95. The molecule has 3 N–H and O–H groups in total. The van der Waals surface area contributed by atoms with Crippen molar-refractivity contribution in [2.45, 2.75) is 37.5 Å². The van der Waals surface area contributed by atoms with Crippen LogP contribution in [0.1, 0.15) is 32.6 Å². The minimum Gasteiger partial charge on any atom is -0.307 e. The van der Waals surface area contributed by atoms with Crippen LogP contribution in [-0.4, -0.2) is 30.8 Å². The van der Waals surface area contributed by atoms with Gasteiger partial charge in [0, 0.05) is 19.3 Å². The van der Waals surface area contributed by atoms with Crippen LogP contribution in [0, 0.1) is 5.92 Å². The molecule has 1 aromatic rings. The normalized spacial score (nSPS) is 17.9. The third-order valence-electron chi connectivity index (χ3n) is 3.86. The third kappa shape index (κ3) is 3.66. The van der Waals surface area contributed by atoms with E-state index in [0.29, 0.717) is 19.0 Å². The monoisotopic (exact) mass is 332 g/mol. The summed E-state index contributed by atoms with van der Waals surface area (Å²) in [6, 6.07) is 1.39. The fraction of sp³-hybridized carbons (Fsp3) is 0.615. The van der Waals surface area contributed by atoms with Crippen LogP contribution in [0.2, 0.25) is 5.02 Å². The Morgan fingerprint density at radius 1 is 1.48 bits per heavy atom. The lowest BCUT2D eigenvalue weighted by Gasteiger charge is -2.31. The number of halogens is 1. The average Bonchev–Trinajstić information content (AvgIpc) is 2.48. The molecule has 118 valence electrons. The molecule has 0 spiro atoms. The highest BCUT2D eigenvalue weighted by Crippen LogP contribution is 2.28. The van der Waals surface area contributed by atoms with Gasteiger partial charge in [-0.2, -0.15) is 4.31 Å². The topological polar surface area (TPSA) is 88.3 Å². The number of nitrogens with zero attached hydrogens (tertiary/aromatic N) is 2. The van der Waals surface area contributed by atoms with Gasteiger partial charge in [0.15, 0.2) is 5.82 Å². The van der Waals surface area contributed by atoms with Crippen LogP contribution in [-0.2, 0) is 10.0 Å². The SMILES string of the molecule is CCCC1CCN(S(=O)(=O)c2cnc(NN)c(Cl)c2)CC1. The van der Waals surface area contributed by atoms with Crippen LogP contribution < -0.4 is 11.3 Å². The molecule has 0 radical (unpaired) electrons. The van der Waals surface area contributed by atoms with E-state index < -0.39 is 10.0 Å². The summed E-state index contributed by atoms with van der Waals surface area (Å²) in [6.07, 6.45) is 5.42. The number of hydrazine groups is 1. The molecule has 21 heavy (non-hydrogen) atoms. The predicted molar refractivity (Wildman–Crippen MR) is 83.4 cm³/mol. The molecular formula is C13H21ClN4O2S. The van der Waals surface area contributed by atoms with E-state index in [9.17, 15) is 8.42 Å². The van der Waals surface area contributed by atoms with Crippen molar-refractivity contribution in [3.05, 3.63) is 17.3 Å². The van der Waals surface area contributed by atoms with E-state index in [4.69, 9.17) is 17.4 Å². The van der Waals surface area contributed by atoms with E-state index in [1.807, 2.05) is 0 Å². The van der Waals surface area contributed by atoms with Crippen LogP contribution in [0.15, 0.2) is 17.2 Å². The Morgan fingerprint density at radius 3 is 2.67 bits per heavy atom. The summed E-state index contributed by atoms with van der Waals surface area (Å²) in [7, 11) is -3.53. The summed E-state index contributed by atoms with van der Waals surface area (Å²) in [5.74, 6) is 6.13. The summed E-state index contributed by atoms with van der Waals surface area (Å²) in [4.78, 5) is 4.04. The Kier molecular flexibility index (Phi) is 5.43. The highest BCUT2D eigenvalue weighted by molar-refractivity contribution is 7.89. The minimum atomic E-state index is -3.53. The van der Waals surface area contributed by atoms with Crippen molar-refractivity contribution in [1.29, 1.82) is 0 Å². The number of pyridine rings is 1. The Hall–Kier alpha value is -0.890. The van der Waals surface area contributed by atoms with Crippen LogP contribution in [0.4, 0.5) is 5.82 Å². The number of anilines is 1. The lowest BCUT2D eigenvalue weighted by Crippen LogP contribution is -2.38. The maximum atomic E-state index is 12.6. The molecule has 0 atom stereocenters. The Balaban J connectivity index is 2.14. The van der Waals surface area contributed by atoms with Gasteiger partial charge in [0.2, 0.25) is 10.0 Å². The zero-order valence-corrected chi connectivity index (χ0v) is 13.6. The number of aromatic nitrogens is 1. The van der Waals surface area contributed by atoms with Gasteiger partial charge in [-0.15, -0.1) is 0 Å². The number of hydrogen-bond acceptors (Lipinski definition) is 5. The molecule has 1 aliphatic heterocycles. The van der Waals surface area contributed by atoms with Crippen LogP contribution in [0.3, 0.4) is 0 Å². The fourth-order valence-electron chi connectivity index (χ4n) is 2.66. The van der Waals surface area contributed by atoms with E-state index in [-0.39, 0.29) is 15.7 Å². The molecule has 1 saturated heterocycles. The Morgan fingerprint density at radius 2 is 2.14 bits per heavy atom. The predicted octanol–water partition coefficient (Wildman–Crippen LogP) is 2.22. The molecule has 2 heterocycles. The second kappa shape index (κ2) is 6.91. The van der Waals surface area contributed by atoms with E-state index in [2.05, 4.69) is 17.3 Å². The van der Waals surface area contributed by atoms with Gasteiger partial charge in [-0.3, -0.25) is 0 Å². The van der Waals surface area contributed by atoms with Crippen molar-refractivity contribution >= 4 is 27.4 Å². The molecule has 0 bridgehead atoms. The molecule has 0 amide bonds. The van der Waals surface area contributed by atoms with Crippen LogP contribution in [0.25, 0.3) is 0 Å². The van der Waals surface area contributed by atoms with E-state index in [1.165, 1.54) is 16.6 Å². The van der Waals surface area contributed by atoms with Gasteiger partial charge in [0.25, 0.3) is 0 Å². The lowest BCUT2D eigenvalue weighted by molar-refractivity contribution is 0.262. The first-order valence-electron chi connectivity index (χ1n) is 7.11. The second-order valence-corrected chi connectivity index (χ2v) is 7.63. The van der Waals surface area contributed by atoms with Gasteiger partial charge >= 0.3 is 0 Å². The minimum absolute atomic E-state index is 0.112. The van der Waals surface area contributed by atoms with Gasteiger partial charge < -0.3 is 5.43 Å². The maximum Gasteiger partial charge on any atom is 0.244 e. The number of nitrogens with two attached hydrogens (primary N) is 1. The molecule has 1 aliphatic rings. The number of sulfonamides is 1. The zero-order chi connectivity index (χ0) is 15.5. The van der Waals surface area contributed by atoms with Gasteiger partial charge in [-0.1, -0.05) is 31.4 Å². The molecule has 2 rings (SSSR count). The number of nitrogen functional groups attached to an aromatic ring is 1. The molecule has 0 aliphatic carbocycles. The second-order valence-electron chi connectivity index (χ2n) is 5.28. The smallest absolute Gasteiger partial charge is 0.244 e. The van der Waals surface area contributed by atoms with Crippen molar-refractivity contribution < 1.29 is 8.42 Å². The van der Waals surface area contributed by atoms with E-state index in [1.54, 1.807) is 0 Å². The summed E-state index contributed by atoms with van der Waals surface area (Å²) < 4.78 is 26.7. The number of rotatable bonds is 5. The largest absolute Gasteiger partial charge is 0.307 e. The molecule has 1 fully saturated rings. The Bertz CT molecular complexity index is 586. The van der Waals surface area contributed by atoms with Crippen LogP contribution in [0.5, 0.6) is 0 Å². The van der Waals surface area contributed by atoms with Crippen molar-refractivity contribution in [2.75, 3.05) is 18.5 Å². The highest BCUT2D eigenvalue weighted by Gasteiger charge is 2.29. The van der Waals surface area contributed by atoms with Crippen LogP contribution >= 0.6 is 11.6 Å². The molecule has 1 aromatic heterocycles. The van der Waals surface area contributed by atoms with Gasteiger partial charge in [-0.05, 0) is 24.8 Å². The fourth-order valence-corrected chi connectivity index (χ4v) is 4.39. The average molecular weight is 333 g/mol. The summed E-state index contributed by atoms with van der Waals surface area (Å²) in [5.41, 5.74) is 2.32. The van der Waals surface area contributed by atoms with Gasteiger partial charge in [0.05, 0.1) is 5.02 Å². The summed E-state index contributed by atoms with van der Waals surface area (Å²) in [6.45, 7) is 3.27. The lowest BCUT2D eigenvalue weighted by atomic mass is 9.94. The van der Waals surface area contributed by atoms with Gasteiger partial charge in [-0.25, -0.2) is 19.2 Å². The number of piperidine rings is 1. The number of hydrogen-bond donors (Lipinski definition) is 2. The molecular weight excluding hydrogens is 312 g/mol. The maximum absolute atomic E-state index is 12.6. The highest BCUT2D eigenvalue weighted by atomic mass is 35.5. The molecule has 0 unspecified atom stereocenters. The first-order valence-corrected chi connectivity index (χ1v) is 8.93. The molecule has 0 aromatic carbocycles. The Labute approximate surface area is 130 Å². The standard InChI is InChI=1S/C13H21ClN4O2S/c1-2-3-10-4-6-18(7-5-10)21(19,20)11-8-12(14)13(17-15)16-9-11/h8-10H,2-7,15H2,1H3,(H,16,17). The summed E-state index contributed by atoms with van der Waals surface area (Å²) in [5, 5.41) is 0.194.